The first-order chi connectivity index (χ1) is 13.6. The number of aliphatic carboxylic acids is 1. The summed E-state index contributed by atoms with van der Waals surface area (Å²) in [5.74, 6) is -2.26. The molecular weight excluding hydrogens is 356 g/mol. The molecule has 2 aromatic rings. The van der Waals surface area contributed by atoms with Gasteiger partial charge in [0.2, 0.25) is 11.8 Å². The number of benzene rings is 2. The molecule has 2 atom stereocenters. The van der Waals surface area contributed by atoms with Crippen molar-refractivity contribution in [2.45, 2.75) is 31.2 Å². The zero-order valence-corrected chi connectivity index (χ0v) is 15.6. The van der Waals surface area contributed by atoms with E-state index in [1.165, 1.54) is 0 Å². The predicted molar refractivity (Wildman–Crippen MR) is 105 cm³/mol. The number of likely N-dealkylation sites (tertiary alicyclic amines) is 1. The van der Waals surface area contributed by atoms with E-state index in [0.29, 0.717) is 18.5 Å². The maximum atomic E-state index is 13.0. The minimum atomic E-state index is -1.00. The molecule has 1 saturated heterocycles. The Bertz CT molecular complexity index is 823. The Morgan fingerprint density at radius 1 is 0.964 bits per heavy atom. The summed E-state index contributed by atoms with van der Waals surface area (Å²) in [6.45, 7) is 0.483. The maximum absolute atomic E-state index is 13.0. The van der Waals surface area contributed by atoms with Crippen molar-refractivity contribution in [2.24, 2.45) is 0 Å². The maximum Gasteiger partial charge on any atom is 0.312 e. The number of carbonyl (C=O) groups excluding carboxylic acids is 2. The lowest BCUT2D eigenvalue weighted by molar-refractivity contribution is -0.143. The Labute approximate surface area is 164 Å². The van der Waals surface area contributed by atoms with Crippen molar-refractivity contribution in [3.05, 3.63) is 71.8 Å². The number of nitrogens with zero attached hydrogens (tertiary/aromatic N) is 1. The molecule has 28 heavy (non-hydrogen) atoms. The Kier molecular flexibility index (Phi) is 6.42. The number of hydrogen-bond donors (Lipinski definition) is 2. The molecule has 1 aliphatic rings. The molecule has 1 heterocycles. The summed E-state index contributed by atoms with van der Waals surface area (Å²) in [6, 6.07) is 17.2. The van der Waals surface area contributed by atoms with Crippen LogP contribution in [0.4, 0.5) is 0 Å². The Hall–Kier alpha value is -3.15. The van der Waals surface area contributed by atoms with Gasteiger partial charge in [0, 0.05) is 19.5 Å². The number of carboxylic acid groups (broad SMARTS) is 1. The molecular formula is C22H24N2O4. The summed E-state index contributed by atoms with van der Waals surface area (Å²) in [6.07, 6.45) is 2.11. The fourth-order valence-electron chi connectivity index (χ4n) is 3.54. The Morgan fingerprint density at radius 3 is 2.14 bits per heavy atom. The molecule has 6 heteroatoms. The van der Waals surface area contributed by atoms with Gasteiger partial charge in [0.25, 0.3) is 0 Å². The second kappa shape index (κ2) is 9.17. The van der Waals surface area contributed by atoms with E-state index in [1.54, 1.807) is 29.2 Å². The highest BCUT2D eigenvalue weighted by Crippen LogP contribution is 2.26. The smallest absolute Gasteiger partial charge is 0.312 e. The normalized spacial score (nSPS) is 16.3. The zero-order chi connectivity index (χ0) is 19.9. The first kappa shape index (κ1) is 19.6. The van der Waals surface area contributed by atoms with Crippen LogP contribution in [0.25, 0.3) is 0 Å². The molecule has 0 aromatic heterocycles. The van der Waals surface area contributed by atoms with Crippen LogP contribution in [0.5, 0.6) is 0 Å². The van der Waals surface area contributed by atoms with E-state index in [0.717, 1.165) is 18.4 Å². The van der Waals surface area contributed by atoms with E-state index in [9.17, 15) is 19.5 Å². The van der Waals surface area contributed by atoms with Crippen molar-refractivity contribution in [2.75, 3.05) is 13.1 Å². The zero-order valence-electron chi connectivity index (χ0n) is 15.6. The monoisotopic (exact) mass is 380 g/mol. The van der Waals surface area contributed by atoms with Crippen molar-refractivity contribution in [1.82, 2.24) is 10.2 Å². The lowest BCUT2D eigenvalue weighted by atomic mass is 9.98. The van der Waals surface area contributed by atoms with E-state index >= 15 is 0 Å². The van der Waals surface area contributed by atoms with Crippen LogP contribution in [-0.4, -0.2) is 40.9 Å². The van der Waals surface area contributed by atoms with Gasteiger partial charge < -0.3 is 15.3 Å². The van der Waals surface area contributed by atoms with Gasteiger partial charge in [0.15, 0.2) is 0 Å². The summed E-state index contributed by atoms with van der Waals surface area (Å²) in [5.41, 5.74) is 1.35. The van der Waals surface area contributed by atoms with Crippen molar-refractivity contribution < 1.29 is 19.5 Å². The van der Waals surface area contributed by atoms with Crippen molar-refractivity contribution in [3.63, 3.8) is 0 Å². The van der Waals surface area contributed by atoms with Gasteiger partial charge in [-0.05, 0) is 24.0 Å². The van der Waals surface area contributed by atoms with Gasteiger partial charge in [-0.15, -0.1) is 0 Å². The summed E-state index contributed by atoms with van der Waals surface area (Å²) in [7, 11) is 0. The van der Waals surface area contributed by atoms with Crippen LogP contribution in [-0.2, 0) is 14.4 Å². The largest absolute Gasteiger partial charge is 0.481 e. The van der Waals surface area contributed by atoms with Crippen molar-refractivity contribution in [1.29, 1.82) is 0 Å². The molecule has 3 rings (SSSR count). The average molecular weight is 380 g/mol. The third kappa shape index (κ3) is 4.57. The summed E-state index contributed by atoms with van der Waals surface area (Å²) in [5, 5.41) is 12.3. The van der Waals surface area contributed by atoms with E-state index in [1.807, 2.05) is 36.4 Å². The van der Waals surface area contributed by atoms with Crippen LogP contribution in [0.15, 0.2) is 60.7 Å². The fraction of sp³-hybridized carbons (Fsp3) is 0.318. The molecule has 6 nitrogen and oxygen atoms in total. The minimum Gasteiger partial charge on any atom is -0.481 e. The lowest BCUT2D eigenvalue weighted by Crippen LogP contribution is -2.46. The highest BCUT2D eigenvalue weighted by atomic mass is 16.4. The van der Waals surface area contributed by atoms with E-state index in [4.69, 9.17) is 0 Å². The second-order valence-electron chi connectivity index (χ2n) is 6.90. The summed E-state index contributed by atoms with van der Waals surface area (Å²) < 4.78 is 0. The van der Waals surface area contributed by atoms with E-state index in [-0.39, 0.29) is 18.4 Å². The van der Waals surface area contributed by atoms with Crippen LogP contribution in [0, 0.1) is 0 Å². The third-order valence-electron chi connectivity index (χ3n) is 5.02. The molecule has 2 unspecified atom stereocenters. The number of amides is 2. The number of carbonyl (C=O) groups is 3. The lowest BCUT2D eigenvalue weighted by Gasteiger charge is -2.34. The average Bonchev–Trinajstić information content (AvgIpc) is 2.71. The summed E-state index contributed by atoms with van der Waals surface area (Å²) in [4.78, 5) is 38.8. The van der Waals surface area contributed by atoms with Gasteiger partial charge >= 0.3 is 5.97 Å². The van der Waals surface area contributed by atoms with E-state index < -0.39 is 17.9 Å². The van der Waals surface area contributed by atoms with Crippen molar-refractivity contribution >= 4 is 17.8 Å². The first-order valence-corrected chi connectivity index (χ1v) is 9.48. The van der Waals surface area contributed by atoms with Gasteiger partial charge in [-0.2, -0.15) is 0 Å². The first-order valence-electron chi connectivity index (χ1n) is 9.48. The fourth-order valence-corrected chi connectivity index (χ4v) is 3.54. The second-order valence-corrected chi connectivity index (χ2v) is 6.90. The standard InChI is InChI=1S/C22H24N2O4/c25-19-13-7-8-14-24(19)20(17-11-5-2-6-12-17)21(26)23-15-18(22(27)28)16-9-3-1-4-10-16/h1-6,9-12,18,20H,7-8,13-15H2,(H,23,26)(H,27,28). The third-order valence-corrected chi connectivity index (χ3v) is 5.02. The van der Waals surface area contributed by atoms with Gasteiger partial charge in [0.1, 0.15) is 6.04 Å². The van der Waals surface area contributed by atoms with Gasteiger partial charge in [0.05, 0.1) is 5.92 Å². The van der Waals surface area contributed by atoms with E-state index in [2.05, 4.69) is 5.32 Å². The molecule has 146 valence electrons. The minimum absolute atomic E-state index is 0.0382. The number of piperidine rings is 1. The molecule has 0 bridgehead atoms. The Balaban J connectivity index is 1.79. The quantitative estimate of drug-likeness (QED) is 0.773. The molecule has 2 aromatic carbocycles. The molecule has 0 radical (unpaired) electrons. The number of rotatable bonds is 7. The molecule has 1 fully saturated rings. The van der Waals surface area contributed by atoms with Gasteiger partial charge in [-0.1, -0.05) is 60.7 Å². The highest BCUT2D eigenvalue weighted by Gasteiger charge is 2.33. The van der Waals surface area contributed by atoms with Gasteiger partial charge in [-0.3, -0.25) is 14.4 Å². The molecule has 0 spiro atoms. The van der Waals surface area contributed by atoms with Gasteiger partial charge in [-0.25, -0.2) is 0 Å². The van der Waals surface area contributed by atoms with Crippen LogP contribution in [0.1, 0.15) is 42.3 Å². The molecule has 2 amide bonds. The topological polar surface area (TPSA) is 86.7 Å². The predicted octanol–water partition coefficient (Wildman–Crippen LogP) is 2.72. The number of hydrogen-bond acceptors (Lipinski definition) is 3. The molecule has 1 aliphatic heterocycles. The Morgan fingerprint density at radius 2 is 1.57 bits per heavy atom. The van der Waals surface area contributed by atoms with Crippen LogP contribution >= 0.6 is 0 Å². The van der Waals surface area contributed by atoms with Crippen LogP contribution in [0.3, 0.4) is 0 Å². The highest BCUT2D eigenvalue weighted by molar-refractivity contribution is 5.89. The van der Waals surface area contributed by atoms with Crippen LogP contribution in [0.2, 0.25) is 0 Å². The number of carboxylic acids is 1. The van der Waals surface area contributed by atoms with Crippen LogP contribution < -0.4 is 5.32 Å². The number of nitrogens with one attached hydrogen (secondary N) is 1. The SMILES string of the molecule is O=C(O)C(CNC(=O)C(c1ccccc1)N1CCCCC1=O)c1ccccc1. The summed E-state index contributed by atoms with van der Waals surface area (Å²) >= 11 is 0. The molecule has 0 saturated carbocycles. The van der Waals surface area contributed by atoms with Crippen molar-refractivity contribution in [3.8, 4) is 0 Å². The molecule has 0 aliphatic carbocycles. The molecule has 2 N–H and O–H groups in total.